The van der Waals surface area contributed by atoms with Gasteiger partial charge in [0.05, 0.1) is 11.9 Å². The van der Waals surface area contributed by atoms with Gasteiger partial charge < -0.3 is 10.6 Å². The Bertz CT molecular complexity index is 649. The molecule has 4 heteroatoms. The maximum atomic E-state index is 11.1. The quantitative estimate of drug-likeness (QED) is 0.814. The van der Waals surface area contributed by atoms with Crippen LogP contribution >= 0.6 is 0 Å². The summed E-state index contributed by atoms with van der Waals surface area (Å²) in [6.07, 6.45) is 1.74. The zero-order chi connectivity index (χ0) is 17.0. The Kier molecular flexibility index (Phi) is 5.37. The second kappa shape index (κ2) is 7.27. The maximum absolute atomic E-state index is 11.1. The lowest BCUT2D eigenvalue weighted by Crippen LogP contribution is -2.08. The van der Waals surface area contributed by atoms with Gasteiger partial charge in [-0.25, -0.2) is 4.98 Å². The third-order valence-electron chi connectivity index (χ3n) is 3.71. The number of carbonyl (C=O) groups is 1. The normalized spacial score (nSPS) is 10.9. The summed E-state index contributed by atoms with van der Waals surface area (Å²) in [5.41, 5.74) is 4.66. The molecule has 1 heterocycles. The third-order valence-corrected chi connectivity index (χ3v) is 3.71. The van der Waals surface area contributed by atoms with Crippen molar-refractivity contribution >= 4 is 23.1 Å². The van der Waals surface area contributed by atoms with Gasteiger partial charge >= 0.3 is 0 Å². The Morgan fingerprint density at radius 1 is 1.00 bits per heavy atom. The molecule has 0 aliphatic carbocycles. The van der Waals surface area contributed by atoms with Crippen molar-refractivity contribution in [1.82, 2.24) is 4.98 Å². The molecule has 0 aliphatic heterocycles. The zero-order valence-electron chi connectivity index (χ0n) is 14.5. The first kappa shape index (κ1) is 17.0. The topological polar surface area (TPSA) is 54.0 Å². The average Bonchev–Trinajstić information content (AvgIpc) is 2.48. The highest BCUT2D eigenvalue weighted by atomic mass is 16.1. The number of aromatic nitrogens is 1. The van der Waals surface area contributed by atoms with E-state index in [1.807, 2.05) is 6.07 Å². The van der Waals surface area contributed by atoms with Crippen LogP contribution in [-0.4, -0.2) is 10.9 Å². The van der Waals surface area contributed by atoms with Gasteiger partial charge in [0.2, 0.25) is 5.91 Å². The van der Waals surface area contributed by atoms with Crippen LogP contribution in [0.25, 0.3) is 0 Å². The van der Waals surface area contributed by atoms with E-state index in [-0.39, 0.29) is 5.91 Å². The van der Waals surface area contributed by atoms with E-state index in [2.05, 4.69) is 61.5 Å². The zero-order valence-corrected chi connectivity index (χ0v) is 14.5. The minimum Gasteiger partial charge on any atom is -0.354 e. The first-order valence-corrected chi connectivity index (χ1v) is 8.02. The average molecular weight is 311 g/mol. The molecular formula is C19H25N3O. The lowest BCUT2D eigenvalue weighted by molar-refractivity contribution is -0.114. The van der Waals surface area contributed by atoms with E-state index in [0.29, 0.717) is 17.7 Å². The highest BCUT2D eigenvalue weighted by molar-refractivity contribution is 5.87. The van der Waals surface area contributed by atoms with Crippen LogP contribution in [0.3, 0.4) is 0 Å². The second-order valence-electron chi connectivity index (χ2n) is 6.36. The van der Waals surface area contributed by atoms with Crippen LogP contribution in [0, 0.1) is 0 Å². The first-order valence-electron chi connectivity index (χ1n) is 8.02. The molecular weight excluding hydrogens is 286 g/mol. The molecule has 0 saturated carbocycles. The van der Waals surface area contributed by atoms with Crippen LogP contribution in [-0.2, 0) is 4.79 Å². The van der Waals surface area contributed by atoms with Gasteiger partial charge in [0.15, 0.2) is 0 Å². The fourth-order valence-corrected chi connectivity index (χ4v) is 2.56. The van der Waals surface area contributed by atoms with Gasteiger partial charge in [-0.2, -0.15) is 0 Å². The summed E-state index contributed by atoms with van der Waals surface area (Å²) in [6.45, 7) is 10.3. The van der Waals surface area contributed by atoms with Crippen molar-refractivity contribution in [2.45, 2.75) is 46.5 Å². The van der Waals surface area contributed by atoms with Crippen molar-refractivity contribution in [1.29, 1.82) is 0 Å². The molecule has 0 spiro atoms. The number of benzene rings is 1. The van der Waals surface area contributed by atoms with Crippen molar-refractivity contribution in [2.75, 3.05) is 10.6 Å². The molecule has 122 valence electrons. The Morgan fingerprint density at radius 3 is 2.04 bits per heavy atom. The van der Waals surface area contributed by atoms with E-state index in [4.69, 9.17) is 0 Å². The van der Waals surface area contributed by atoms with E-state index in [1.54, 1.807) is 12.3 Å². The molecule has 0 unspecified atom stereocenters. The molecule has 0 fully saturated rings. The summed E-state index contributed by atoms with van der Waals surface area (Å²) < 4.78 is 0. The lowest BCUT2D eigenvalue weighted by atomic mass is 9.92. The molecule has 0 saturated heterocycles. The number of amides is 1. The number of nitrogens with one attached hydrogen (secondary N) is 2. The molecule has 2 N–H and O–H groups in total. The van der Waals surface area contributed by atoms with Crippen LogP contribution in [0.5, 0.6) is 0 Å². The summed E-state index contributed by atoms with van der Waals surface area (Å²) in [4.78, 5) is 15.3. The Labute approximate surface area is 138 Å². The van der Waals surface area contributed by atoms with Crippen LogP contribution in [0.15, 0.2) is 36.5 Å². The van der Waals surface area contributed by atoms with Gasteiger partial charge in [-0.15, -0.1) is 0 Å². The minimum absolute atomic E-state index is 0.120. The van der Waals surface area contributed by atoms with Crippen LogP contribution in [0.2, 0.25) is 0 Å². The Balaban J connectivity index is 2.33. The van der Waals surface area contributed by atoms with Crippen LogP contribution < -0.4 is 10.6 Å². The first-order chi connectivity index (χ1) is 10.9. The fourth-order valence-electron chi connectivity index (χ4n) is 2.56. The van der Waals surface area contributed by atoms with Gasteiger partial charge in [0.1, 0.15) is 5.82 Å². The molecule has 0 aliphatic rings. The molecule has 4 nitrogen and oxygen atoms in total. The predicted octanol–water partition coefficient (Wildman–Crippen LogP) is 5.03. The maximum Gasteiger partial charge on any atom is 0.222 e. The molecule has 0 bridgehead atoms. The van der Waals surface area contributed by atoms with E-state index in [9.17, 15) is 4.79 Å². The van der Waals surface area contributed by atoms with Gasteiger partial charge in [0.25, 0.3) is 0 Å². The monoisotopic (exact) mass is 311 g/mol. The molecule has 1 aromatic carbocycles. The molecule has 0 radical (unpaired) electrons. The van der Waals surface area contributed by atoms with Crippen molar-refractivity contribution in [3.05, 3.63) is 47.7 Å². The molecule has 1 aromatic heterocycles. The molecule has 1 amide bonds. The molecule has 23 heavy (non-hydrogen) atoms. The van der Waals surface area contributed by atoms with E-state index >= 15 is 0 Å². The Hall–Kier alpha value is -2.36. The lowest BCUT2D eigenvalue weighted by Gasteiger charge is -2.21. The van der Waals surface area contributed by atoms with Gasteiger partial charge in [-0.3, -0.25) is 4.79 Å². The smallest absolute Gasteiger partial charge is 0.222 e. The standard InChI is InChI=1S/C19H25N3O/c1-12(2)16-7-6-8-17(13(3)4)19(16)22-15-9-10-18(20-11-15)21-14(5)23/h6-13,22H,1-5H3,(H,20,21,23). The van der Waals surface area contributed by atoms with Crippen molar-refractivity contribution in [2.24, 2.45) is 0 Å². The SMILES string of the molecule is CC(=O)Nc1ccc(Nc2c(C(C)C)cccc2C(C)C)cn1. The molecule has 2 rings (SSSR count). The van der Waals surface area contributed by atoms with E-state index in [1.165, 1.54) is 18.1 Å². The number of hydrogen-bond acceptors (Lipinski definition) is 3. The van der Waals surface area contributed by atoms with E-state index in [0.717, 1.165) is 11.4 Å². The van der Waals surface area contributed by atoms with Crippen molar-refractivity contribution < 1.29 is 4.79 Å². The highest BCUT2D eigenvalue weighted by Gasteiger charge is 2.14. The highest BCUT2D eigenvalue weighted by Crippen LogP contribution is 2.34. The second-order valence-corrected chi connectivity index (χ2v) is 6.36. The number of rotatable bonds is 5. The van der Waals surface area contributed by atoms with Gasteiger partial charge in [-0.1, -0.05) is 45.9 Å². The summed E-state index contributed by atoms with van der Waals surface area (Å²) in [7, 11) is 0. The molecule has 2 aromatic rings. The number of para-hydroxylation sites is 1. The van der Waals surface area contributed by atoms with Crippen molar-refractivity contribution in [3.8, 4) is 0 Å². The Morgan fingerprint density at radius 2 is 1.61 bits per heavy atom. The minimum atomic E-state index is -0.120. The largest absolute Gasteiger partial charge is 0.354 e. The van der Waals surface area contributed by atoms with Crippen LogP contribution in [0.1, 0.15) is 57.6 Å². The van der Waals surface area contributed by atoms with Gasteiger partial charge in [-0.05, 0) is 35.1 Å². The van der Waals surface area contributed by atoms with Gasteiger partial charge in [0, 0.05) is 12.6 Å². The molecule has 0 atom stereocenters. The predicted molar refractivity (Wildman–Crippen MR) is 96.4 cm³/mol. The third kappa shape index (κ3) is 4.31. The van der Waals surface area contributed by atoms with E-state index < -0.39 is 0 Å². The number of hydrogen-bond donors (Lipinski definition) is 2. The summed E-state index contributed by atoms with van der Waals surface area (Å²) >= 11 is 0. The fraction of sp³-hybridized carbons (Fsp3) is 0.368. The summed E-state index contributed by atoms with van der Waals surface area (Å²) in [5.74, 6) is 1.31. The number of carbonyl (C=O) groups excluding carboxylic acids is 1. The van der Waals surface area contributed by atoms with Crippen LogP contribution in [0.4, 0.5) is 17.2 Å². The summed E-state index contributed by atoms with van der Waals surface area (Å²) in [6, 6.07) is 10.2. The number of pyridine rings is 1. The number of nitrogens with zero attached hydrogens (tertiary/aromatic N) is 1. The van der Waals surface area contributed by atoms with Crippen molar-refractivity contribution in [3.63, 3.8) is 0 Å². The summed E-state index contributed by atoms with van der Waals surface area (Å²) in [5, 5.41) is 6.19. The number of anilines is 3.